The predicted octanol–water partition coefficient (Wildman–Crippen LogP) is 10.4. The second-order valence-corrected chi connectivity index (χ2v) is 19.8. The highest BCUT2D eigenvalue weighted by atomic mass is 32.2. The Bertz CT molecular complexity index is 1650. The number of amides is 2. The number of carboxylic acid groups (broad SMARTS) is 4. The van der Waals surface area contributed by atoms with Crippen molar-refractivity contribution in [3.63, 3.8) is 0 Å². The fourth-order valence-corrected chi connectivity index (χ4v) is 7.34. The van der Waals surface area contributed by atoms with Crippen LogP contribution in [0.2, 0.25) is 0 Å². The molecule has 352 valence electrons. The van der Waals surface area contributed by atoms with Crippen molar-refractivity contribution in [3.8, 4) is 0 Å². The van der Waals surface area contributed by atoms with Crippen LogP contribution in [0.5, 0.6) is 0 Å². The Morgan fingerprint density at radius 1 is 0.500 bits per heavy atom. The van der Waals surface area contributed by atoms with Crippen LogP contribution < -0.4 is 10.6 Å². The van der Waals surface area contributed by atoms with Crippen molar-refractivity contribution in [2.45, 2.75) is 159 Å². The first-order valence-electron chi connectivity index (χ1n) is 21.3. The molecule has 0 heterocycles. The van der Waals surface area contributed by atoms with Gasteiger partial charge in [0.2, 0.25) is 11.8 Å². The maximum atomic E-state index is 12.3. The number of rotatable bonds is 30. The zero-order valence-corrected chi connectivity index (χ0v) is 41.2. The molecule has 0 bridgehead atoms. The molecule has 0 spiro atoms. The van der Waals surface area contributed by atoms with Crippen LogP contribution in [0.25, 0.3) is 0 Å². The van der Waals surface area contributed by atoms with E-state index in [0.717, 1.165) is 51.4 Å². The molecule has 0 aliphatic heterocycles. The number of carboxylic acids is 4. The van der Waals surface area contributed by atoms with Gasteiger partial charge in [-0.25, -0.2) is 9.59 Å². The van der Waals surface area contributed by atoms with Crippen molar-refractivity contribution in [2.24, 2.45) is 10.8 Å². The van der Waals surface area contributed by atoms with Gasteiger partial charge in [-0.05, 0) is 121 Å². The first kappa shape index (κ1) is 60.0. The van der Waals surface area contributed by atoms with Crippen LogP contribution in [0, 0.1) is 10.8 Å². The second-order valence-electron chi connectivity index (χ2n) is 17.6. The fraction of sp³-hybridized carbons (Fsp3) is 0.625. The maximum Gasteiger partial charge on any atom is 0.327 e. The molecule has 0 saturated carbocycles. The third-order valence-electron chi connectivity index (χ3n) is 9.54. The van der Waals surface area contributed by atoms with Gasteiger partial charge in [-0.3, -0.25) is 19.2 Å². The van der Waals surface area contributed by atoms with Crippen LogP contribution in [0.15, 0.2) is 69.9 Å². The van der Waals surface area contributed by atoms with Gasteiger partial charge in [0.1, 0.15) is 12.1 Å². The topological polar surface area (TPSA) is 207 Å². The Labute approximate surface area is 380 Å². The third kappa shape index (κ3) is 32.6. The lowest BCUT2D eigenvalue weighted by molar-refractivity contribution is -0.150. The van der Waals surface area contributed by atoms with Crippen LogP contribution in [-0.4, -0.2) is 91.2 Å². The summed E-state index contributed by atoms with van der Waals surface area (Å²) in [5.74, 6) is -3.81. The largest absolute Gasteiger partial charge is 0.481 e. The molecule has 0 aromatic rings. The molecule has 62 heavy (non-hydrogen) atoms. The number of carbonyl (C=O) groups is 6. The molecule has 2 atom stereocenters. The highest BCUT2D eigenvalue weighted by Crippen LogP contribution is 2.22. The van der Waals surface area contributed by atoms with E-state index < -0.39 is 58.6 Å². The summed E-state index contributed by atoms with van der Waals surface area (Å²) in [6.07, 6.45) is 20.8. The van der Waals surface area contributed by atoms with Crippen molar-refractivity contribution < 1.29 is 49.2 Å². The van der Waals surface area contributed by atoms with E-state index in [-0.39, 0.29) is 24.3 Å². The van der Waals surface area contributed by atoms with E-state index in [0.29, 0.717) is 11.5 Å². The van der Waals surface area contributed by atoms with Gasteiger partial charge < -0.3 is 31.1 Å². The molecule has 0 aromatic carbocycles. The van der Waals surface area contributed by atoms with Crippen LogP contribution >= 0.6 is 23.5 Å². The van der Waals surface area contributed by atoms with Gasteiger partial charge in [0.25, 0.3) is 0 Å². The molecule has 12 nitrogen and oxygen atoms in total. The predicted molar refractivity (Wildman–Crippen MR) is 257 cm³/mol. The first-order chi connectivity index (χ1) is 28.7. The summed E-state index contributed by atoms with van der Waals surface area (Å²) in [5.41, 5.74) is 5.57. The van der Waals surface area contributed by atoms with E-state index in [1.165, 1.54) is 84.7 Å². The van der Waals surface area contributed by atoms with Crippen LogP contribution in [0.4, 0.5) is 0 Å². The number of thioether (sulfide) groups is 2. The Morgan fingerprint density at radius 3 is 1.19 bits per heavy atom. The highest BCUT2D eigenvalue weighted by molar-refractivity contribution is 7.99. The van der Waals surface area contributed by atoms with E-state index in [2.05, 4.69) is 102 Å². The molecule has 0 saturated heterocycles. The summed E-state index contributed by atoms with van der Waals surface area (Å²) in [5, 5.41) is 41.6. The van der Waals surface area contributed by atoms with Crippen LogP contribution in [0.1, 0.15) is 147 Å². The van der Waals surface area contributed by atoms with E-state index in [1.54, 1.807) is 0 Å². The lowest BCUT2D eigenvalue weighted by atomic mass is 9.88. The lowest BCUT2D eigenvalue weighted by Gasteiger charge is -2.24. The Balaban J connectivity index is 0. The normalized spacial score (nSPS) is 13.5. The quantitative estimate of drug-likeness (QED) is 0.0294. The second kappa shape index (κ2) is 32.6. The Hall–Kier alpha value is -4.04. The molecular formula is C48H78N2O10S2. The SMILES string of the molecule is CC(C)=CCC/C(C)=C/CC/C(C)=C/CSC[C@H](NC(=O)C(C)(C)CC(=O)O)C(=O)O.CC(C)=CCC/C(C)=C/CC/C(C)=C/CSC[C@H](NC(=O)CC(C)(C)C(=O)O)C(=O)O. The van der Waals surface area contributed by atoms with E-state index in [4.69, 9.17) is 10.2 Å². The number of allylic oxidation sites excluding steroid dienone is 10. The summed E-state index contributed by atoms with van der Waals surface area (Å²) < 4.78 is 0. The molecule has 6 N–H and O–H groups in total. The maximum absolute atomic E-state index is 12.3. The summed E-state index contributed by atoms with van der Waals surface area (Å²) in [7, 11) is 0. The third-order valence-corrected chi connectivity index (χ3v) is 11.5. The van der Waals surface area contributed by atoms with E-state index in [1.807, 2.05) is 0 Å². The molecule has 0 aliphatic rings. The minimum Gasteiger partial charge on any atom is -0.481 e. The average molecular weight is 907 g/mol. The minimum absolute atomic E-state index is 0.220. The molecule has 0 radical (unpaired) electrons. The average Bonchev–Trinajstić information content (AvgIpc) is 3.12. The highest BCUT2D eigenvalue weighted by Gasteiger charge is 2.34. The van der Waals surface area contributed by atoms with Crippen molar-refractivity contribution in [1.82, 2.24) is 10.6 Å². The Morgan fingerprint density at radius 2 is 0.855 bits per heavy atom. The standard InChI is InChI=1S/2C24H39NO5S/c1-17(2)9-7-10-18(3)11-8-12-19(4)13-14-31-16-20(22(28)29)25-23(30)24(5,6)15-21(26)27;1-17(2)9-7-10-18(3)11-8-12-19(4)13-14-31-16-20(22(27)28)25-21(26)15-24(5,6)23(29)30/h9,11,13,20H,7-8,10,12,14-16H2,1-6H3,(H,25,30)(H,26,27)(H,28,29);9,11,13,20H,7-8,10,12,14-16H2,1-6H3,(H,25,26)(H,27,28)(H,29,30)/b2*18-11+,19-13+/t2*20-/m00/s1. The number of nitrogens with one attached hydrogen (secondary N) is 2. The van der Waals surface area contributed by atoms with Gasteiger partial charge in [-0.15, -0.1) is 0 Å². The summed E-state index contributed by atoms with van der Waals surface area (Å²) in [6, 6.07) is -2.09. The zero-order valence-electron chi connectivity index (χ0n) is 39.6. The number of hydrogen-bond acceptors (Lipinski definition) is 8. The van der Waals surface area contributed by atoms with Gasteiger partial charge >= 0.3 is 23.9 Å². The number of carbonyl (C=O) groups excluding carboxylic acids is 2. The van der Waals surface area contributed by atoms with Gasteiger partial charge in [0.15, 0.2) is 0 Å². The van der Waals surface area contributed by atoms with Crippen molar-refractivity contribution >= 4 is 59.2 Å². The first-order valence-corrected chi connectivity index (χ1v) is 23.6. The van der Waals surface area contributed by atoms with Crippen LogP contribution in [0.3, 0.4) is 0 Å². The van der Waals surface area contributed by atoms with E-state index in [9.17, 15) is 39.0 Å². The molecule has 0 fully saturated rings. The number of aliphatic carboxylic acids is 4. The van der Waals surface area contributed by atoms with Gasteiger partial charge in [-0.2, -0.15) is 23.5 Å². The zero-order chi connectivity index (χ0) is 48.1. The monoisotopic (exact) mass is 907 g/mol. The molecule has 0 aromatic heterocycles. The van der Waals surface area contributed by atoms with E-state index >= 15 is 0 Å². The molecular weight excluding hydrogens is 829 g/mol. The molecule has 0 rings (SSSR count). The molecule has 0 aliphatic carbocycles. The van der Waals surface area contributed by atoms with Gasteiger partial charge in [0.05, 0.1) is 17.3 Å². The van der Waals surface area contributed by atoms with Crippen molar-refractivity contribution in [1.29, 1.82) is 0 Å². The fourth-order valence-electron chi connectivity index (χ4n) is 5.34. The van der Waals surface area contributed by atoms with Crippen molar-refractivity contribution in [2.75, 3.05) is 23.0 Å². The Kier molecular flexibility index (Phi) is 31.6. The summed E-state index contributed by atoms with van der Waals surface area (Å²) >= 11 is 2.86. The minimum atomic E-state index is -1.24. The number of hydrogen-bond donors (Lipinski definition) is 6. The van der Waals surface area contributed by atoms with Crippen molar-refractivity contribution in [3.05, 3.63) is 69.9 Å². The van der Waals surface area contributed by atoms with Crippen LogP contribution in [-0.2, 0) is 28.8 Å². The molecule has 14 heteroatoms. The van der Waals surface area contributed by atoms with Gasteiger partial charge in [0, 0.05) is 29.4 Å². The summed E-state index contributed by atoms with van der Waals surface area (Å²) in [4.78, 5) is 69.2. The summed E-state index contributed by atoms with van der Waals surface area (Å²) in [6.45, 7) is 22.7. The van der Waals surface area contributed by atoms with Gasteiger partial charge in [-0.1, -0.05) is 83.7 Å². The lowest BCUT2D eigenvalue weighted by Crippen LogP contribution is -2.48. The smallest absolute Gasteiger partial charge is 0.327 e. The molecule has 2 amide bonds. The molecule has 0 unspecified atom stereocenters.